The summed E-state index contributed by atoms with van der Waals surface area (Å²) in [4.78, 5) is 14.6. The fourth-order valence-electron chi connectivity index (χ4n) is 3.34. The molecule has 3 rings (SSSR count). The number of benzene rings is 2. The van der Waals surface area contributed by atoms with Crippen molar-refractivity contribution in [2.45, 2.75) is 31.8 Å². The van der Waals surface area contributed by atoms with Gasteiger partial charge < -0.3 is 14.8 Å². The second-order valence-electron chi connectivity index (χ2n) is 6.88. The number of hydrogen-bond donors (Lipinski definition) is 1. The Morgan fingerprint density at radius 3 is 2.56 bits per heavy atom. The van der Waals surface area contributed by atoms with Crippen LogP contribution in [0.3, 0.4) is 0 Å². The van der Waals surface area contributed by atoms with Gasteiger partial charge in [-0.2, -0.15) is 0 Å². The van der Waals surface area contributed by atoms with Gasteiger partial charge >= 0.3 is 0 Å². The molecule has 27 heavy (non-hydrogen) atoms. The molecule has 0 bridgehead atoms. The van der Waals surface area contributed by atoms with Gasteiger partial charge in [-0.15, -0.1) is 0 Å². The molecule has 1 fully saturated rings. The van der Waals surface area contributed by atoms with E-state index in [0.717, 1.165) is 44.0 Å². The van der Waals surface area contributed by atoms with E-state index in [2.05, 4.69) is 22.3 Å². The Bertz CT molecular complexity index is 713. The summed E-state index contributed by atoms with van der Waals surface area (Å²) in [6.07, 6.45) is 2.35. The van der Waals surface area contributed by atoms with Crippen molar-refractivity contribution in [3.8, 4) is 11.5 Å². The maximum atomic E-state index is 12.1. The van der Waals surface area contributed by atoms with Crippen LogP contribution in [0.1, 0.15) is 24.8 Å². The van der Waals surface area contributed by atoms with Crippen molar-refractivity contribution < 1.29 is 14.3 Å². The number of carbonyl (C=O) groups is 1. The smallest absolute Gasteiger partial charge is 0.223 e. The van der Waals surface area contributed by atoms with Crippen molar-refractivity contribution in [3.05, 3.63) is 60.2 Å². The molecule has 0 unspecified atom stereocenters. The van der Waals surface area contributed by atoms with Crippen molar-refractivity contribution in [1.29, 1.82) is 0 Å². The minimum absolute atomic E-state index is 0.0668. The molecule has 144 valence electrons. The first-order valence-corrected chi connectivity index (χ1v) is 9.55. The zero-order valence-corrected chi connectivity index (χ0v) is 15.9. The molecule has 0 radical (unpaired) electrons. The van der Waals surface area contributed by atoms with E-state index in [4.69, 9.17) is 9.47 Å². The highest BCUT2D eigenvalue weighted by Crippen LogP contribution is 2.17. The summed E-state index contributed by atoms with van der Waals surface area (Å²) in [5.74, 6) is 1.76. The fourth-order valence-corrected chi connectivity index (χ4v) is 3.34. The van der Waals surface area contributed by atoms with E-state index in [0.29, 0.717) is 13.0 Å². The van der Waals surface area contributed by atoms with Crippen LogP contribution in [0.5, 0.6) is 11.5 Å². The third-order valence-corrected chi connectivity index (χ3v) is 4.83. The van der Waals surface area contributed by atoms with Gasteiger partial charge in [0.15, 0.2) is 0 Å². The van der Waals surface area contributed by atoms with E-state index in [1.165, 1.54) is 5.56 Å². The number of methoxy groups -OCH3 is 1. The molecule has 1 amide bonds. The van der Waals surface area contributed by atoms with E-state index in [9.17, 15) is 4.79 Å². The number of ether oxygens (including phenoxy) is 2. The second-order valence-corrected chi connectivity index (χ2v) is 6.88. The van der Waals surface area contributed by atoms with Crippen molar-refractivity contribution in [2.75, 3.05) is 26.8 Å². The van der Waals surface area contributed by atoms with Crippen LogP contribution in [-0.4, -0.2) is 43.7 Å². The third kappa shape index (κ3) is 6.29. The van der Waals surface area contributed by atoms with Crippen LogP contribution in [0.15, 0.2) is 54.6 Å². The van der Waals surface area contributed by atoms with Crippen LogP contribution in [-0.2, 0) is 11.3 Å². The number of para-hydroxylation sites is 1. The molecular weight excluding hydrogens is 340 g/mol. The zero-order chi connectivity index (χ0) is 18.9. The van der Waals surface area contributed by atoms with Crippen LogP contribution < -0.4 is 14.8 Å². The monoisotopic (exact) mass is 368 g/mol. The van der Waals surface area contributed by atoms with Crippen molar-refractivity contribution in [1.82, 2.24) is 10.2 Å². The molecule has 1 N–H and O–H groups in total. The summed E-state index contributed by atoms with van der Waals surface area (Å²) in [7, 11) is 1.69. The Morgan fingerprint density at radius 1 is 1.07 bits per heavy atom. The fraction of sp³-hybridized carbons (Fsp3) is 0.409. The molecule has 1 aliphatic heterocycles. The average molecular weight is 368 g/mol. The lowest BCUT2D eigenvalue weighted by Crippen LogP contribution is -2.44. The van der Waals surface area contributed by atoms with Crippen LogP contribution in [0.25, 0.3) is 0 Å². The highest BCUT2D eigenvalue weighted by molar-refractivity contribution is 5.76. The number of amides is 1. The van der Waals surface area contributed by atoms with E-state index < -0.39 is 0 Å². The SMILES string of the molecule is COc1cccc(CN2CCC(NC(=O)CCOc3ccccc3)CC2)c1. The maximum Gasteiger partial charge on any atom is 0.223 e. The number of carbonyl (C=O) groups excluding carboxylic acids is 1. The number of hydrogen-bond acceptors (Lipinski definition) is 4. The summed E-state index contributed by atoms with van der Waals surface area (Å²) < 4.78 is 10.9. The molecule has 0 aliphatic carbocycles. The van der Waals surface area contributed by atoms with E-state index in [1.807, 2.05) is 42.5 Å². The molecule has 0 saturated carbocycles. The van der Waals surface area contributed by atoms with Gasteiger partial charge in [0, 0.05) is 25.7 Å². The Hall–Kier alpha value is -2.53. The van der Waals surface area contributed by atoms with Crippen LogP contribution in [0, 0.1) is 0 Å². The average Bonchev–Trinajstić information content (AvgIpc) is 2.70. The first-order chi connectivity index (χ1) is 13.2. The van der Waals surface area contributed by atoms with E-state index in [1.54, 1.807) is 7.11 Å². The number of piperidine rings is 1. The first kappa shape index (κ1) is 19.2. The lowest BCUT2D eigenvalue weighted by atomic mass is 10.0. The summed E-state index contributed by atoms with van der Waals surface area (Å²) in [6, 6.07) is 18.1. The Kier molecular flexibility index (Phi) is 7.11. The summed E-state index contributed by atoms with van der Waals surface area (Å²) >= 11 is 0. The molecule has 2 aromatic carbocycles. The van der Waals surface area contributed by atoms with E-state index in [-0.39, 0.29) is 11.9 Å². The molecule has 2 aromatic rings. The lowest BCUT2D eigenvalue weighted by molar-refractivity contribution is -0.122. The van der Waals surface area contributed by atoms with E-state index >= 15 is 0 Å². The molecule has 0 aromatic heterocycles. The normalized spacial score (nSPS) is 15.3. The van der Waals surface area contributed by atoms with Crippen molar-refractivity contribution in [3.63, 3.8) is 0 Å². The van der Waals surface area contributed by atoms with Crippen LogP contribution in [0.4, 0.5) is 0 Å². The molecule has 5 nitrogen and oxygen atoms in total. The number of nitrogens with one attached hydrogen (secondary N) is 1. The standard InChI is InChI=1S/C22H28N2O3/c1-26-21-9-5-6-18(16-21)17-24-13-10-19(11-14-24)23-22(25)12-15-27-20-7-3-2-4-8-20/h2-9,16,19H,10-15,17H2,1H3,(H,23,25). The molecule has 1 aliphatic rings. The Labute approximate surface area is 161 Å². The topological polar surface area (TPSA) is 50.8 Å². The first-order valence-electron chi connectivity index (χ1n) is 9.55. The third-order valence-electron chi connectivity index (χ3n) is 4.83. The van der Waals surface area contributed by atoms with Crippen LogP contribution in [0.2, 0.25) is 0 Å². The molecule has 5 heteroatoms. The predicted octanol–water partition coefficient (Wildman–Crippen LogP) is 3.24. The molecule has 1 saturated heterocycles. The Morgan fingerprint density at radius 2 is 1.81 bits per heavy atom. The van der Waals surface area contributed by atoms with Crippen LogP contribution >= 0.6 is 0 Å². The maximum absolute atomic E-state index is 12.1. The van der Waals surface area contributed by atoms with Gasteiger partial charge in [-0.3, -0.25) is 9.69 Å². The zero-order valence-electron chi connectivity index (χ0n) is 15.9. The molecular formula is C22H28N2O3. The Balaban J connectivity index is 1.34. The summed E-state index contributed by atoms with van der Waals surface area (Å²) in [5.41, 5.74) is 1.26. The van der Waals surface area contributed by atoms with Crippen molar-refractivity contribution in [2.24, 2.45) is 0 Å². The second kappa shape index (κ2) is 9.97. The van der Waals surface area contributed by atoms with Crippen molar-refractivity contribution >= 4 is 5.91 Å². The quantitative estimate of drug-likeness (QED) is 0.777. The van der Waals surface area contributed by atoms with Gasteiger partial charge in [0.05, 0.1) is 20.1 Å². The predicted molar refractivity (Wildman–Crippen MR) is 106 cm³/mol. The molecule has 0 spiro atoms. The highest BCUT2D eigenvalue weighted by atomic mass is 16.5. The molecule has 1 heterocycles. The van der Waals surface area contributed by atoms with Gasteiger partial charge in [0.2, 0.25) is 5.91 Å². The van der Waals surface area contributed by atoms with Gasteiger partial charge in [-0.05, 0) is 42.7 Å². The number of nitrogens with zero attached hydrogens (tertiary/aromatic N) is 1. The van der Waals surface area contributed by atoms with Gasteiger partial charge in [0.1, 0.15) is 11.5 Å². The largest absolute Gasteiger partial charge is 0.497 e. The summed E-state index contributed by atoms with van der Waals surface area (Å²) in [5, 5.41) is 3.14. The van der Waals surface area contributed by atoms with Gasteiger partial charge in [-0.1, -0.05) is 30.3 Å². The van der Waals surface area contributed by atoms with Gasteiger partial charge in [0.25, 0.3) is 0 Å². The van der Waals surface area contributed by atoms with Gasteiger partial charge in [-0.25, -0.2) is 0 Å². The lowest BCUT2D eigenvalue weighted by Gasteiger charge is -2.32. The minimum atomic E-state index is 0.0668. The molecule has 0 atom stereocenters. The number of likely N-dealkylation sites (tertiary alicyclic amines) is 1. The highest BCUT2D eigenvalue weighted by Gasteiger charge is 2.20. The summed E-state index contributed by atoms with van der Waals surface area (Å²) in [6.45, 7) is 3.30. The number of rotatable bonds is 8. The minimum Gasteiger partial charge on any atom is -0.497 e.